The van der Waals surface area contributed by atoms with Crippen LogP contribution >= 0.6 is 0 Å². The quantitative estimate of drug-likeness (QED) is 0.357. The molecule has 0 aliphatic rings. The van der Waals surface area contributed by atoms with Gasteiger partial charge >= 0.3 is 0 Å². The van der Waals surface area contributed by atoms with E-state index in [4.69, 9.17) is 0 Å². The summed E-state index contributed by atoms with van der Waals surface area (Å²) in [7, 11) is 0. The van der Waals surface area contributed by atoms with E-state index in [1.54, 1.807) is 12.1 Å². The van der Waals surface area contributed by atoms with Gasteiger partial charge in [-0.1, -0.05) is 66.7 Å². The van der Waals surface area contributed by atoms with Gasteiger partial charge in [0.1, 0.15) is 0 Å². The maximum absolute atomic E-state index is 13.0. The van der Waals surface area contributed by atoms with Crippen LogP contribution in [0.25, 0.3) is 10.9 Å². The number of benzene rings is 4. The molecule has 0 aliphatic heterocycles. The highest BCUT2D eigenvalue weighted by Crippen LogP contribution is 2.22. The lowest BCUT2D eigenvalue weighted by Gasteiger charge is -2.09. The van der Waals surface area contributed by atoms with Crippen molar-refractivity contribution in [1.82, 2.24) is 9.78 Å². The molecule has 0 fully saturated rings. The molecule has 0 saturated heterocycles. The number of carbonyl (C=O) groups is 2. The fourth-order valence-electron chi connectivity index (χ4n) is 3.84. The van der Waals surface area contributed by atoms with Gasteiger partial charge in [-0.05, 0) is 48.0 Å². The number of hydrogen-bond acceptors (Lipinski definition) is 3. The van der Waals surface area contributed by atoms with Gasteiger partial charge in [0.25, 0.3) is 11.8 Å². The number of para-hydroxylation sites is 2. The molecular formula is C28H22N4O2. The summed E-state index contributed by atoms with van der Waals surface area (Å²) in [5, 5.41) is 11.3. The zero-order valence-corrected chi connectivity index (χ0v) is 18.3. The summed E-state index contributed by atoms with van der Waals surface area (Å²) in [5.74, 6) is -0.424. The Hall–Kier alpha value is -4.71. The fourth-order valence-corrected chi connectivity index (χ4v) is 3.84. The van der Waals surface area contributed by atoms with Gasteiger partial charge in [-0.15, -0.1) is 0 Å². The van der Waals surface area contributed by atoms with Gasteiger partial charge in [0, 0.05) is 22.3 Å². The molecule has 2 amide bonds. The van der Waals surface area contributed by atoms with E-state index in [-0.39, 0.29) is 11.8 Å². The Morgan fingerprint density at radius 3 is 2.12 bits per heavy atom. The second-order valence-electron chi connectivity index (χ2n) is 7.86. The molecule has 5 aromatic rings. The third-order valence-electron chi connectivity index (χ3n) is 5.46. The second-order valence-corrected chi connectivity index (χ2v) is 7.86. The van der Waals surface area contributed by atoms with Gasteiger partial charge in [-0.2, -0.15) is 5.10 Å². The first-order valence-electron chi connectivity index (χ1n) is 10.9. The van der Waals surface area contributed by atoms with Crippen LogP contribution in [0.1, 0.15) is 26.4 Å². The maximum Gasteiger partial charge on any atom is 0.276 e. The Bertz CT molecular complexity index is 1460. The van der Waals surface area contributed by atoms with E-state index in [1.807, 2.05) is 102 Å². The standard InChI is InChI=1S/C28H22N4O2/c33-27(21-11-3-1-4-12-21)30-23-15-9-10-20(18-23)19-32-25-17-8-7-16-24(25)26(31-32)28(34)29-22-13-5-2-6-14-22/h1-18H,19H2,(H,29,34)(H,30,33). The van der Waals surface area contributed by atoms with Gasteiger partial charge in [0.15, 0.2) is 5.69 Å². The number of carbonyl (C=O) groups excluding carboxylic acids is 2. The van der Waals surface area contributed by atoms with E-state index >= 15 is 0 Å². The van der Waals surface area contributed by atoms with Gasteiger partial charge in [-0.3, -0.25) is 14.3 Å². The molecule has 5 rings (SSSR count). The third-order valence-corrected chi connectivity index (χ3v) is 5.46. The highest BCUT2D eigenvalue weighted by molar-refractivity contribution is 6.11. The summed E-state index contributed by atoms with van der Waals surface area (Å²) in [6.07, 6.45) is 0. The van der Waals surface area contributed by atoms with Crippen molar-refractivity contribution in [2.45, 2.75) is 6.54 Å². The lowest BCUT2D eigenvalue weighted by Crippen LogP contribution is -2.14. The number of nitrogens with one attached hydrogen (secondary N) is 2. The Labute approximate surface area is 196 Å². The zero-order valence-electron chi connectivity index (χ0n) is 18.3. The van der Waals surface area contributed by atoms with Crippen LogP contribution in [-0.4, -0.2) is 21.6 Å². The Kier molecular flexibility index (Phi) is 5.86. The first-order valence-corrected chi connectivity index (χ1v) is 10.9. The molecule has 1 aromatic heterocycles. The van der Waals surface area contributed by atoms with Crippen molar-refractivity contribution in [3.63, 3.8) is 0 Å². The minimum atomic E-state index is -0.259. The zero-order chi connectivity index (χ0) is 23.3. The van der Waals surface area contributed by atoms with Crippen molar-refractivity contribution in [3.05, 3.63) is 126 Å². The van der Waals surface area contributed by atoms with Crippen molar-refractivity contribution in [3.8, 4) is 0 Å². The molecule has 6 nitrogen and oxygen atoms in total. The average molecular weight is 447 g/mol. The normalized spacial score (nSPS) is 10.7. The van der Waals surface area contributed by atoms with Crippen molar-refractivity contribution in [2.24, 2.45) is 0 Å². The number of nitrogens with zero attached hydrogens (tertiary/aromatic N) is 2. The summed E-state index contributed by atoms with van der Waals surface area (Å²) in [6, 6.07) is 33.7. The number of aromatic nitrogens is 2. The monoisotopic (exact) mass is 446 g/mol. The van der Waals surface area contributed by atoms with E-state index in [2.05, 4.69) is 15.7 Å². The lowest BCUT2D eigenvalue weighted by atomic mass is 10.1. The molecule has 0 saturated carbocycles. The molecule has 0 radical (unpaired) electrons. The Balaban J connectivity index is 1.40. The molecule has 0 atom stereocenters. The maximum atomic E-state index is 13.0. The summed E-state index contributed by atoms with van der Waals surface area (Å²) in [4.78, 5) is 25.5. The van der Waals surface area contributed by atoms with E-state index < -0.39 is 0 Å². The van der Waals surface area contributed by atoms with E-state index in [0.29, 0.717) is 29.2 Å². The van der Waals surface area contributed by atoms with Crippen LogP contribution in [0.5, 0.6) is 0 Å². The molecule has 0 spiro atoms. The molecule has 4 aromatic carbocycles. The molecule has 0 unspecified atom stereocenters. The van der Waals surface area contributed by atoms with Crippen LogP contribution in [0.3, 0.4) is 0 Å². The second kappa shape index (κ2) is 9.42. The molecular weight excluding hydrogens is 424 g/mol. The minimum Gasteiger partial charge on any atom is -0.322 e. The number of hydrogen-bond donors (Lipinski definition) is 2. The molecule has 166 valence electrons. The van der Waals surface area contributed by atoms with Crippen LogP contribution < -0.4 is 10.6 Å². The van der Waals surface area contributed by atoms with Crippen molar-refractivity contribution >= 4 is 34.1 Å². The molecule has 2 N–H and O–H groups in total. The molecule has 0 bridgehead atoms. The predicted molar refractivity (Wildman–Crippen MR) is 134 cm³/mol. The lowest BCUT2D eigenvalue weighted by molar-refractivity contribution is 0.101. The van der Waals surface area contributed by atoms with Crippen molar-refractivity contribution in [2.75, 3.05) is 10.6 Å². The molecule has 34 heavy (non-hydrogen) atoms. The van der Waals surface area contributed by atoms with Gasteiger partial charge in [0.05, 0.1) is 12.1 Å². The minimum absolute atomic E-state index is 0.165. The highest BCUT2D eigenvalue weighted by atomic mass is 16.2. The SMILES string of the molecule is O=C(Nc1cccc(Cn2nc(C(=O)Nc3ccccc3)c3ccccc32)c1)c1ccccc1. The Morgan fingerprint density at radius 1 is 0.676 bits per heavy atom. The number of rotatable bonds is 6. The van der Waals surface area contributed by atoms with Crippen LogP contribution in [-0.2, 0) is 6.54 Å². The number of fused-ring (bicyclic) bond motifs is 1. The molecule has 1 heterocycles. The fraction of sp³-hybridized carbons (Fsp3) is 0.0357. The van der Waals surface area contributed by atoms with E-state index in [1.165, 1.54) is 0 Å². The van der Waals surface area contributed by atoms with Crippen LogP contribution in [0.2, 0.25) is 0 Å². The largest absolute Gasteiger partial charge is 0.322 e. The summed E-state index contributed by atoms with van der Waals surface area (Å²) in [6.45, 7) is 0.453. The van der Waals surface area contributed by atoms with Crippen LogP contribution in [0, 0.1) is 0 Å². The van der Waals surface area contributed by atoms with E-state index in [0.717, 1.165) is 16.5 Å². The first kappa shape index (κ1) is 21.2. The topological polar surface area (TPSA) is 76.0 Å². The average Bonchev–Trinajstić information content (AvgIpc) is 3.24. The van der Waals surface area contributed by atoms with Gasteiger partial charge in [-0.25, -0.2) is 0 Å². The van der Waals surface area contributed by atoms with Crippen molar-refractivity contribution < 1.29 is 9.59 Å². The third kappa shape index (κ3) is 4.56. The number of anilines is 2. The van der Waals surface area contributed by atoms with Crippen molar-refractivity contribution in [1.29, 1.82) is 0 Å². The smallest absolute Gasteiger partial charge is 0.276 e. The Morgan fingerprint density at radius 2 is 1.32 bits per heavy atom. The summed E-state index contributed by atoms with van der Waals surface area (Å²) < 4.78 is 1.81. The van der Waals surface area contributed by atoms with Gasteiger partial charge in [0.2, 0.25) is 0 Å². The van der Waals surface area contributed by atoms with Crippen LogP contribution in [0.4, 0.5) is 11.4 Å². The van der Waals surface area contributed by atoms with E-state index in [9.17, 15) is 9.59 Å². The predicted octanol–water partition coefficient (Wildman–Crippen LogP) is 5.59. The summed E-state index contributed by atoms with van der Waals surface area (Å²) in [5.41, 5.74) is 4.19. The van der Waals surface area contributed by atoms with Gasteiger partial charge < -0.3 is 10.6 Å². The molecule has 0 aliphatic carbocycles. The summed E-state index contributed by atoms with van der Waals surface area (Å²) >= 11 is 0. The highest BCUT2D eigenvalue weighted by Gasteiger charge is 2.17. The van der Waals surface area contributed by atoms with Crippen LogP contribution in [0.15, 0.2) is 109 Å². The molecule has 6 heteroatoms. The first-order chi connectivity index (χ1) is 16.7. The number of amides is 2.